The second kappa shape index (κ2) is 8.66. The maximum absolute atomic E-state index is 12.2. The molecule has 1 heterocycles. The first-order chi connectivity index (χ1) is 9.53. The van der Waals surface area contributed by atoms with Gasteiger partial charge >= 0.3 is 0 Å². The van der Waals surface area contributed by atoms with E-state index in [4.69, 9.17) is 0 Å². The van der Waals surface area contributed by atoms with Crippen LogP contribution >= 0.6 is 11.8 Å². The lowest BCUT2D eigenvalue weighted by Gasteiger charge is -2.07. The van der Waals surface area contributed by atoms with Gasteiger partial charge in [0, 0.05) is 24.3 Å². The van der Waals surface area contributed by atoms with E-state index in [1.807, 2.05) is 20.1 Å². The summed E-state index contributed by atoms with van der Waals surface area (Å²) >= 11 is 1.77. The third kappa shape index (κ3) is 5.08. The van der Waals surface area contributed by atoms with Crippen LogP contribution in [0.2, 0.25) is 0 Å². The van der Waals surface area contributed by atoms with Crippen LogP contribution in [0.5, 0.6) is 0 Å². The van der Waals surface area contributed by atoms with Crippen LogP contribution in [-0.4, -0.2) is 43.7 Å². The zero-order valence-corrected chi connectivity index (χ0v) is 14.0. The van der Waals surface area contributed by atoms with Gasteiger partial charge in [-0.25, -0.2) is 13.1 Å². The molecule has 0 saturated heterocycles. The molecule has 0 unspecified atom stereocenters. The van der Waals surface area contributed by atoms with Gasteiger partial charge < -0.3 is 5.32 Å². The Kier molecular flexibility index (Phi) is 7.57. The maximum Gasteiger partial charge on any atom is 0.260 e. The van der Waals surface area contributed by atoms with E-state index < -0.39 is 10.0 Å². The standard InChI is InChI=1S/C12H24N4O2S2/c1-4-13-9-11-10(2)15-16-12(11)20(17,18)14-7-5-6-8-19-3/h13-14H,4-9H2,1-3H3,(H,15,16). The fraction of sp³-hybridized carbons (Fsp3) is 0.750. The molecule has 0 atom stereocenters. The average molecular weight is 320 g/mol. The Hall–Kier alpha value is -0.570. The zero-order valence-electron chi connectivity index (χ0n) is 12.3. The smallest absolute Gasteiger partial charge is 0.260 e. The molecule has 20 heavy (non-hydrogen) atoms. The number of aromatic nitrogens is 2. The highest BCUT2D eigenvalue weighted by molar-refractivity contribution is 7.98. The normalized spacial score (nSPS) is 11.9. The number of hydrogen-bond acceptors (Lipinski definition) is 5. The first-order valence-electron chi connectivity index (χ1n) is 6.76. The summed E-state index contributed by atoms with van der Waals surface area (Å²) in [6, 6.07) is 0. The van der Waals surface area contributed by atoms with Crippen molar-refractivity contribution < 1.29 is 8.42 Å². The van der Waals surface area contributed by atoms with Crippen LogP contribution in [0.15, 0.2) is 5.03 Å². The van der Waals surface area contributed by atoms with Crippen LogP contribution in [0.3, 0.4) is 0 Å². The summed E-state index contributed by atoms with van der Waals surface area (Å²) < 4.78 is 27.1. The molecule has 0 aromatic carbocycles. The highest BCUT2D eigenvalue weighted by Crippen LogP contribution is 2.15. The van der Waals surface area contributed by atoms with Gasteiger partial charge in [-0.1, -0.05) is 6.92 Å². The molecule has 1 aromatic rings. The molecule has 0 aliphatic heterocycles. The van der Waals surface area contributed by atoms with E-state index in [2.05, 4.69) is 20.2 Å². The van der Waals surface area contributed by atoms with Crippen LogP contribution in [0.25, 0.3) is 0 Å². The predicted octanol–water partition coefficient (Wildman–Crippen LogP) is 1.25. The number of thioether (sulfide) groups is 1. The molecule has 3 N–H and O–H groups in total. The minimum atomic E-state index is -3.53. The highest BCUT2D eigenvalue weighted by Gasteiger charge is 2.22. The first kappa shape index (κ1) is 17.5. The number of H-pyrrole nitrogens is 1. The van der Waals surface area contributed by atoms with Crippen molar-refractivity contribution in [1.29, 1.82) is 0 Å². The van der Waals surface area contributed by atoms with Crippen molar-refractivity contribution in [2.24, 2.45) is 0 Å². The second-order valence-corrected chi connectivity index (χ2v) is 7.18. The van der Waals surface area contributed by atoms with Crippen LogP contribution in [0.1, 0.15) is 31.0 Å². The Bertz CT molecular complexity index is 500. The maximum atomic E-state index is 12.2. The number of aryl methyl sites for hydroxylation is 1. The number of rotatable bonds is 10. The monoisotopic (exact) mass is 320 g/mol. The summed E-state index contributed by atoms with van der Waals surface area (Å²) in [7, 11) is -3.53. The SMILES string of the molecule is CCNCc1c(S(=O)(=O)NCCCCSC)n[nH]c1C. The number of hydrogen-bond donors (Lipinski definition) is 3. The van der Waals surface area contributed by atoms with E-state index >= 15 is 0 Å². The minimum Gasteiger partial charge on any atom is -0.313 e. The second-order valence-electron chi connectivity index (χ2n) is 4.51. The largest absolute Gasteiger partial charge is 0.313 e. The molecule has 0 aliphatic rings. The lowest BCUT2D eigenvalue weighted by atomic mass is 10.2. The third-order valence-corrected chi connectivity index (χ3v) is 5.04. The van der Waals surface area contributed by atoms with E-state index in [0.717, 1.165) is 30.8 Å². The summed E-state index contributed by atoms with van der Waals surface area (Å²) in [5.41, 5.74) is 1.50. The van der Waals surface area contributed by atoms with Gasteiger partial charge in [-0.3, -0.25) is 5.10 Å². The molecule has 1 aromatic heterocycles. The molecule has 0 aliphatic carbocycles. The first-order valence-corrected chi connectivity index (χ1v) is 9.63. The number of sulfonamides is 1. The Morgan fingerprint density at radius 3 is 2.75 bits per heavy atom. The molecular weight excluding hydrogens is 296 g/mol. The van der Waals surface area contributed by atoms with E-state index in [0.29, 0.717) is 18.7 Å². The number of nitrogens with one attached hydrogen (secondary N) is 3. The lowest BCUT2D eigenvalue weighted by molar-refractivity contribution is 0.571. The quantitative estimate of drug-likeness (QED) is 0.565. The van der Waals surface area contributed by atoms with Gasteiger partial charge in [0.25, 0.3) is 10.0 Å². The van der Waals surface area contributed by atoms with Crippen molar-refractivity contribution in [2.75, 3.05) is 25.1 Å². The van der Waals surface area contributed by atoms with Crippen molar-refractivity contribution in [2.45, 2.75) is 38.3 Å². The molecule has 0 amide bonds. The van der Waals surface area contributed by atoms with Crippen molar-refractivity contribution in [3.05, 3.63) is 11.3 Å². The molecule has 1 rings (SSSR count). The molecule has 8 heteroatoms. The van der Waals surface area contributed by atoms with Crippen LogP contribution in [0, 0.1) is 6.92 Å². The van der Waals surface area contributed by atoms with Crippen molar-refractivity contribution in [3.63, 3.8) is 0 Å². The Balaban J connectivity index is 2.67. The van der Waals surface area contributed by atoms with Crippen molar-refractivity contribution >= 4 is 21.8 Å². The Morgan fingerprint density at radius 1 is 1.35 bits per heavy atom. The number of aromatic amines is 1. The molecule has 0 spiro atoms. The number of nitrogens with zero attached hydrogens (tertiary/aromatic N) is 1. The van der Waals surface area contributed by atoms with E-state index in [1.165, 1.54) is 0 Å². The summed E-state index contributed by atoms with van der Waals surface area (Å²) in [6.45, 7) is 5.55. The van der Waals surface area contributed by atoms with E-state index in [9.17, 15) is 8.42 Å². The topological polar surface area (TPSA) is 86.9 Å². The van der Waals surface area contributed by atoms with Gasteiger partial charge in [0.05, 0.1) is 0 Å². The summed E-state index contributed by atoms with van der Waals surface area (Å²) in [4.78, 5) is 0. The van der Waals surface area contributed by atoms with Crippen molar-refractivity contribution in [1.82, 2.24) is 20.2 Å². The number of unbranched alkanes of at least 4 members (excludes halogenated alkanes) is 1. The summed E-state index contributed by atoms with van der Waals surface area (Å²) in [5, 5.41) is 9.93. The minimum absolute atomic E-state index is 0.112. The highest BCUT2D eigenvalue weighted by atomic mass is 32.2. The molecule has 0 fully saturated rings. The van der Waals surface area contributed by atoms with Crippen molar-refractivity contribution in [3.8, 4) is 0 Å². The van der Waals surface area contributed by atoms with Gasteiger partial charge in [0.1, 0.15) is 0 Å². The van der Waals surface area contributed by atoms with Gasteiger partial charge in [-0.15, -0.1) is 0 Å². The van der Waals surface area contributed by atoms with Crippen LogP contribution in [-0.2, 0) is 16.6 Å². The molecule has 6 nitrogen and oxygen atoms in total. The lowest BCUT2D eigenvalue weighted by Crippen LogP contribution is -2.27. The molecule has 116 valence electrons. The predicted molar refractivity (Wildman–Crippen MR) is 83.5 cm³/mol. The zero-order chi connectivity index (χ0) is 15.0. The van der Waals surface area contributed by atoms with Crippen LogP contribution in [0.4, 0.5) is 0 Å². The molecule has 0 radical (unpaired) electrons. The molecule has 0 bridgehead atoms. The van der Waals surface area contributed by atoms with Gasteiger partial charge in [-0.05, 0) is 38.3 Å². The summed E-state index contributed by atoms with van der Waals surface area (Å²) in [5.74, 6) is 1.05. The fourth-order valence-corrected chi connectivity index (χ4v) is 3.51. The molecule has 0 saturated carbocycles. The fourth-order valence-electron chi connectivity index (χ4n) is 1.76. The average Bonchev–Trinajstić information content (AvgIpc) is 2.78. The summed E-state index contributed by atoms with van der Waals surface area (Å²) in [6.07, 6.45) is 3.89. The van der Waals surface area contributed by atoms with Gasteiger partial charge in [0.15, 0.2) is 5.03 Å². The molecular formula is C12H24N4O2S2. The van der Waals surface area contributed by atoms with Gasteiger partial charge in [0.2, 0.25) is 0 Å². The Labute approximate surface area is 125 Å². The van der Waals surface area contributed by atoms with Gasteiger partial charge in [-0.2, -0.15) is 16.9 Å². The van der Waals surface area contributed by atoms with E-state index in [-0.39, 0.29) is 5.03 Å². The van der Waals surface area contributed by atoms with Crippen LogP contribution < -0.4 is 10.0 Å². The third-order valence-electron chi connectivity index (χ3n) is 2.91. The van der Waals surface area contributed by atoms with E-state index in [1.54, 1.807) is 11.8 Å². The Morgan fingerprint density at radius 2 is 2.10 bits per heavy atom.